The second-order valence-corrected chi connectivity index (χ2v) is 10.9. The molecule has 0 N–H and O–H groups in total. The molecule has 5 aromatic rings. The molecule has 1 aliphatic rings. The van der Waals surface area contributed by atoms with Crippen molar-refractivity contribution in [3.8, 4) is 22.8 Å². The van der Waals surface area contributed by atoms with Crippen LogP contribution in [0.15, 0.2) is 49.1 Å². The third-order valence-electron chi connectivity index (χ3n) is 7.45. The summed E-state index contributed by atoms with van der Waals surface area (Å²) in [6.07, 6.45) is 5.17. The van der Waals surface area contributed by atoms with E-state index >= 15 is 0 Å². The van der Waals surface area contributed by atoms with Crippen molar-refractivity contribution < 1.29 is 9.53 Å². The van der Waals surface area contributed by atoms with Gasteiger partial charge in [0.05, 0.1) is 34.5 Å². The van der Waals surface area contributed by atoms with E-state index in [0.717, 1.165) is 68.9 Å². The molecular formula is C29H30ClN7O2. The van der Waals surface area contributed by atoms with Crippen LogP contribution in [0.1, 0.15) is 37.1 Å². The highest BCUT2D eigenvalue weighted by Crippen LogP contribution is 2.36. The molecule has 39 heavy (non-hydrogen) atoms. The number of amides is 1. The van der Waals surface area contributed by atoms with E-state index in [2.05, 4.69) is 21.0 Å². The van der Waals surface area contributed by atoms with Gasteiger partial charge in [0, 0.05) is 31.8 Å². The average molecular weight is 544 g/mol. The van der Waals surface area contributed by atoms with Gasteiger partial charge in [0.25, 0.3) is 0 Å². The topological polar surface area (TPSA) is 91.0 Å². The maximum atomic E-state index is 12.6. The van der Waals surface area contributed by atoms with Gasteiger partial charge in [-0.1, -0.05) is 0 Å². The molecule has 2 atom stereocenters. The Morgan fingerprint density at radius 2 is 1.97 bits per heavy atom. The average Bonchev–Trinajstić information content (AvgIpc) is 3.51. The Bertz CT molecular complexity index is 1710. The second-order valence-electron chi connectivity index (χ2n) is 10.2. The van der Waals surface area contributed by atoms with E-state index in [1.165, 1.54) is 0 Å². The van der Waals surface area contributed by atoms with Crippen molar-refractivity contribution in [1.82, 2.24) is 34.2 Å². The third kappa shape index (κ3) is 4.61. The Labute approximate surface area is 231 Å². The van der Waals surface area contributed by atoms with E-state index in [9.17, 15) is 4.79 Å². The summed E-state index contributed by atoms with van der Waals surface area (Å²) in [4.78, 5) is 28.0. The highest BCUT2D eigenvalue weighted by molar-refractivity contribution is 6.30. The number of fused-ring (bicyclic) bond motifs is 2. The van der Waals surface area contributed by atoms with E-state index in [-0.39, 0.29) is 11.9 Å². The fraction of sp³-hybridized carbons (Fsp3) is 0.345. The maximum Gasteiger partial charge on any atom is 0.240 e. The first-order chi connectivity index (χ1) is 18.8. The van der Waals surface area contributed by atoms with Gasteiger partial charge in [-0.2, -0.15) is 5.10 Å². The number of hydrogen-bond donors (Lipinski definition) is 0. The number of nitrogens with zero attached hydrogens (tertiary/aromatic N) is 7. The van der Waals surface area contributed by atoms with Crippen molar-refractivity contribution in [2.45, 2.75) is 45.0 Å². The molecule has 0 bridgehead atoms. The van der Waals surface area contributed by atoms with E-state index in [4.69, 9.17) is 21.4 Å². The molecule has 0 radical (unpaired) electrons. The molecule has 0 spiro atoms. The number of benzene rings is 2. The van der Waals surface area contributed by atoms with Crippen LogP contribution < -0.4 is 4.74 Å². The van der Waals surface area contributed by atoms with Crippen LogP contribution in [0.2, 0.25) is 0 Å². The van der Waals surface area contributed by atoms with E-state index in [1.807, 2.05) is 65.4 Å². The lowest BCUT2D eigenvalue weighted by Gasteiger charge is -2.33. The molecule has 10 heteroatoms. The summed E-state index contributed by atoms with van der Waals surface area (Å²) in [5.41, 5.74) is 6.34. The largest absolute Gasteiger partial charge is 0.457 e. The van der Waals surface area contributed by atoms with Gasteiger partial charge in [-0.05, 0) is 69.5 Å². The monoisotopic (exact) mass is 543 g/mol. The highest BCUT2D eigenvalue weighted by atomic mass is 35.5. The molecule has 0 unspecified atom stereocenters. The van der Waals surface area contributed by atoms with Gasteiger partial charge >= 0.3 is 0 Å². The van der Waals surface area contributed by atoms with Crippen molar-refractivity contribution in [2.75, 3.05) is 13.1 Å². The van der Waals surface area contributed by atoms with Crippen LogP contribution in [0.25, 0.3) is 33.3 Å². The number of hydrogen-bond acceptors (Lipinski definition) is 6. The quantitative estimate of drug-likeness (QED) is 0.269. The van der Waals surface area contributed by atoms with Crippen LogP contribution in [0.4, 0.5) is 0 Å². The van der Waals surface area contributed by atoms with Gasteiger partial charge in [-0.25, -0.2) is 19.6 Å². The Balaban J connectivity index is 1.34. The summed E-state index contributed by atoms with van der Waals surface area (Å²) in [7, 11) is 1.97. The molecule has 6 rings (SSSR count). The number of carbonyl (C=O) groups is 1. The van der Waals surface area contributed by atoms with Crippen molar-refractivity contribution in [1.29, 1.82) is 0 Å². The first-order valence-electron chi connectivity index (χ1n) is 13.1. The molecule has 200 valence electrons. The number of alkyl halides is 1. The second kappa shape index (κ2) is 9.96. The number of halogens is 1. The minimum atomic E-state index is -0.548. The first kappa shape index (κ1) is 25.3. The van der Waals surface area contributed by atoms with Crippen LogP contribution in [0.5, 0.6) is 11.5 Å². The number of piperidine rings is 1. The molecule has 0 saturated carbocycles. The zero-order valence-corrected chi connectivity index (χ0v) is 23.2. The molecule has 4 heterocycles. The van der Waals surface area contributed by atoms with Gasteiger partial charge in [0.2, 0.25) is 5.91 Å². The minimum Gasteiger partial charge on any atom is -0.457 e. The van der Waals surface area contributed by atoms with Crippen molar-refractivity contribution in [2.24, 2.45) is 7.05 Å². The van der Waals surface area contributed by atoms with Gasteiger partial charge in [0.1, 0.15) is 28.9 Å². The highest BCUT2D eigenvalue weighted by Gasteiger charge is 2.30. The van der Waals surface area contributed by atoms with Crippen LogP contribution in [-0.2, 0) is 11.8 Å². The van der Waals surface area contributed by atoms with Gasteiger partial charge in [-0.15, -0.1) is 11.6 Å². The Morgan fingerprint density at radius 3 is 2.77 bits per heavy atom. The van der Waals surface area contributed by atoms with Crippen LogP contribution in [0.3, 0.4) is 0 Å². The maximum absolute atomic E-state index is 12.6. The van der Waals surface area contributed by atoms with Gasteiger partial charge < -0.3 is 14.2 Å². The number of likely N-dealkylation sites (tertiary alicyclic amines) is 1. The zero-order valence-electron chi connectivity index (χ0n) is 22.4. The van der Waals surface area contributed by atoms with Crippen LogP contribution in [-0.4, -0.2) is 58.6 Å². The predicted octanol–water partition coefficient (Wildman–Crippen LogP) is 5.58. The molecule has 1 aliphatic heterocycles. The number of ether oxygens (including phenoxy) is 1. The lowest BCUT2D eigenvalue weighted by atomic mass is 10.0. The van der Waals surface area contributed by atoms with E-state index in [1.54, 1.807) is 19.6 Å². The first-order valence-corrected chi connectivity index (χ1v) is 13.6. The lowest BCUT2D eigenvalue weighted by molar-refractivity contribution is -0.132. The van der Waals surface area contributed by atoms with Gasteiger partial charge in [0.15, 0.2) is 5.65 Å². The van der Waals surface area contributed by atoms with Crippen LogP contribution in [0, 0.1) is 13.8 Å². The smallest absolute Gasteiger partial charge is 0.240 e. The Hall–Kier alpha value is -3.98. The fourth-order valence-corrected chi connectivity index (χ4v) is 5.54. The Kier molecular flexibility index (Phi) is 6.46. The molecule has 0 aliphatic carbocycles. The summed E-state index contributed by atoms with van der Waals surface area (Å²) in [5.74, 6) is 1.46. The summed E-state index contributed by atoms with van der Waals surface area (Å²) in [6.45, 7) is 6.99. The zero-order chi connectivity index (χ0) is 27.3. The number of carbonyl (C=O) groups excluding carboxylic acids is 1. The van der Waals surface area contributed by atoms with Crippen molar-refractivity contribution in [3.63, 3.8) is 0 Å². The van der Waals surface area contributed by atoms with Crippen LogP contribution >= 0.6 is 11.6 Å². The Morgan fingerprint density at radius 1 is 1.13 bits per heavy atom. The molecule has 1 saturated heterocycles. The van der Waals surface area contributed by atoms with Crippen molar-refractivity contribution >= 4 is 39.6 Å². The summed E-state index contributed by atoms with van der Waals surface area (Å²) >= 11 is 6.11. The van der Waals surface area contributed by atoms with Gasteiger partial charge in [-0.3, -0.25) is 4.79 Å². The summed E-state index contributed by atoms with van der Waals surface area (Å²) in [6, 6.07) is 12.0. The lowest BCUT2D eigenvalue weighted by Crippen LogP contribution is -2.43. The van der Waals surface area contributed by atoms with Crippen molar-refractivity contribution in [3.05, 3.63) is 60.3 Å². The standard InChI is InChI=1S/C29H30ClN7O2/c1-17-12-20(7-10-25(17)39-22-8-9-24-23(13-22)33-16-35(24)4)27-26-19(3)31-15-32-28(26)37(34-27)21-6-5-11-36(14-21)29(38)18(2)30/h7-10,12-13,15-16,18,21H,5-6,11,14H2,1-4H3/t18-,21-/m1/s1. The SMILES string of the molecule is Cc1cc(-c2nn([C@@H]3CCCN(C(=O)[C@@H](C)Cl)C3)c3ncnc(C)c23)ccc1Oc1ccc2c(c1)ncn2C. The number of imidazole rings is 1. The number of rotatable bonds is 5. The molecule has 1 fully saturated rings. The molecular weight excluding hydrogens is 514 g/mol. The minimum absolute atomic E-state index is 0.00823. The summed E-state index contributed by atoms with van der Waals surface area (Å²) < 4.78 is 10.2. The normalized spacial score (nSPS) is 16.6. The molecule has 1 amide bonds. The molecule has 2 aromatic carbocycles. The molecule has 9 nitrogen and oxygen atoms in total. The van der Waals surface area contributed by atoms with E-state index < -0.39 is 5.38 Å². The van der Waals surface area contributed by atoms with E-state index in [0.29, 0.717) is 13.1 Å². The fourth-order valence-electron chi connectivity index (χ4n) is 5.40. The summed E-state index contributed by atoms with van der Waals surface area (Å²) in [5, 5.41) is 5.43. The number of aromatic nitrogens is 6. The number of aryl methyl sites for hydroxylation is 3. The predicted molar refractivity (Wildman–Crippen MR) is 151 cm³/mol. The molecule has 3 aromatic heterocycles. The third-order valence-corrected chi connectivity index (χ3v) is 7.63.